The molecule has 1 aromatic carbocycles. The second-order valence-corrected chi connectivity index (χ2v) is 8.18. The fourth-order valence-electron chi connectivity index (χ4n) is 1.61. The van der Waals surface area contributed by atoms with Crippen LogP contribution >= 0.6 is 22.3 Å². The van der Waals surface area contributed by atoms with Gasteiger partial charge < -0.3 is 4.74 Å². The highest BCUT2D eigenvalue weighted by Gasteiger charge is 2.21. The van der Waals surface area contributed by atoms with E-state index in [0.717, 1.165) is 5.56 Å². The van der Waals surface area contributed by atoms with Crippen molar-refractivity contribution in [2.24, 2.45) is 11.8 Å². The molecule has 0 aliphatic carbocycles. The number of hydrogen-bond acceptors (Lipinski definition) is 3. The highest BCUT2D eigenvalue weighted by Crippen LogP contribution is 2.27. The van der Waals surface area contributed by atoms with E-state index in [9.17, 15) is 8.42 Å². The molecule has 0 saturated carbocycles. The highest BCUT2D eigenvalue weighted by molar-refractivity contribution is 8.13. The Balaban J connectivity index is 2.74. The van der Waals surface area contributed by atoms with E-state index in [-0.39, 0.29) is 24.2 Å². The number of benzene rings is 1. The summed E-state index contributed by atoms with van der Waals surface area (Å²) in [6.07, 6.45) is 0. The van der Waals surface area contributed by atoms with Gasteiger partial charge in [-0.3, -0.25) is 0 Å². The van der Waals surface area contributed by atoms with Crippen molar-refractivity contribution in [2.45, 2.75) is 20.8 Å². The van der Waals surface area contributed by atoms with Crippen molar-refractivity contribution in [2.75, 3.05) is 12.4 Å². The summed E-state index contributed by atoms with van der Waals surface area (Å²) >= 11 is 6.02. The number of ether oxygens (including phenoxy) is 1. The van der Waals surface area contributed by atoms with Crippen LogP contribution in [0, 0.1) is 18.8 Å². The first-order valence-electron chi connectivity index (χ1n) is 6.00. The molecule has 3 nitrogen and oxygen atoms in total. The maximum Gasteiger partial charge on any atom is 0.233 e. The van der Waals surface area contributed by atoms with Gasteiger partial charge in [0.15, 0.2) is 0 Å². The second-order valence-electron chi connectivity index (χ2n) is 4.95. The van der Waals surface area contributed by atoms with Crippen LogP contribution in [-0.2, 0) is 9.05 Å². The lowest BCUT2D eigenvalue weighted by Crippen LogP contribution is -2.24. The van der Waals surface area contributed by atoms with Crippen molar-refractivity contribution in [1.29, 1.82) is 0 Å². The van der Waals surface area contributed by atoms with E-state index in [1.54, 1.807) is 6.07 Å². The minimum Gasteiger partial charge on any atom is -0.492 e. The molecular formula is C13H18Cl2O3S. The van der Waals surface area contributed by atoms with E-state index in [1.807, 2.05) is 32.9 Å². The third-order valence-electron chi connectivity index (χ3n) is 2.90. The second kappa shape index (κ2) is 6.82. The number of halogens is 2. The Hall–Kier alpha value is -0.450. The standard InChI is InChI=1S/C13H18Cl2O3S/c1-9(2)11(8-19(15,16)17)7-18-13-6-10(3)4-5-12(13)14/h4-6,9,11H,7-8H2,1-3H3. The van der Waals surface area contributed by atoms with Crippen molar-refractivity contribution in [3.05, 3.63) is 28.8 Å². The lowest BCUT2D eigenvalue weighted by atomic mass is 9.99. The van der Waals surface area contributed by atoms with Crippen molar-refractivity contribution in [3.8, 4) is 5.75 Å². The van der Waals surface area contributed by atoms with Gasteiger partial charge in [0.1, 0.15) is 5.75 Å². The van der Waals surface area contributed by atoms with E-state index in [2.05, 4.69) is 0 Å². The van der Waals surface area contributed by atoms with Crippen molar-refractivity contribution >= 4 is 31.3 Å². The first-order valence-corrected chi connectivity index (χ1v) is 8.86. The molecule has 1 aromatic rings. The van der Waals surface area contributed by atoms with Crippen LogP contribution in [0.15, 0.2) is 18.2 Å². The van der Waals surface area contributed by atoms with E-state index in [4.69, 9.17) is 27.0 Å². The molecule has 1 unspecified atom stereocenters. The fraction of sp³-hybridized carbons (Fsp3) is 0.538. The molecule has 0 N–H and O–H groups in total. The molecule has 0 bridgehead atoms. The summed E-state index contributed by atoms with van der Waals surface area (Å²) < 4.78 is 28.0. The number of rotatable bonds is 6. The monoisotopic (exact) mass is 324 g/mol. The Morgan fingerprint density at radius 2 is 1.95 bits per heavy atom. The quantitative estimate of drug-likeness (QED) is 0.746. The molecule has 0 saturated heterocycles. The van der Waals surface area contributed by atoms with Crippen LogP contribution in [0.5, 0.6) is 5.75 Å². The SMILES string of the molecule is Cc1ccc(Cl)c(OCC(CS(=O)(=O)Cl)C(C)C)c1. The summed E-state index contributed by atoms with van der Waals surface area (Å²) in [5.74, 6) is 0.450. The first-order chi connectivity index (χ1) is 8.69. The largest absolute Gasteiger partial charge is 0.492 e. The average molecular weight is 325 g/mol. The summed E-state index contributed by atoms with van der Waals surface area (Å²) in [6, 6.07) is 5.47. The van der Waals surface area contributed by atoms with E-state index < -0.39 is 9.05 Å². The normalized spacial score (nSPS) is 13.6. The van der Waals surface area contributed by atoms with E-state index in [1.165, 1.54) is 0 Å². The van der Waals surface area contributed by atoms with Gasteiger partial charge in [-0.1, -0.05) is 31.5 Å². The van der Waals surface area contributed by atoms with Crippen LogP contribution in [0.4, 0.5) is 0 Å². The smallest absolute Gasteiger partial charge is 0.233 e. The molecule has 1 atom stereocenters. The molecule has 19 heavy (non-hydrogen) atoms. The molecule has 0 amide bonds. The van der Waals surface area contributed by atoms with Gasteiger partial charge in [0.25, 0.3) is 0 Å². The van der Waals surface area contributed by atoms with Crippen molar-refractivity contribution in [1.82, 2.24) is 0 Å². The Bertz CT molecular complexity index is 527. The predicted octanol–water partition coefficient (Wildman–Crippen LogP) is 3.87. The van der Waals surface area contributed by atoms with Gasteiger partial charge in [-0.15, -0.1) is 0 Å². The molecule has 0 aromatic heterocycles. The highest BCUT2D eigenvalue weighted by atomic mass is 35.7. The lowest BCUT2D eigenvalue weighted by Gasteiger charge is -2.20. The predicted molar refractivity (Wildman–Crippen MR) is 79.7 cm³/mol. The van der Waals surface area contributed by atoms with Crippen LogP contribution in [0.25, 0.3) is 0 Å². The van der Waals surface area contributed by atoms with Crippen LogP contribution in [-0.4, -0.2) is 20.8 Å². The maximum absolute atomic E-state index is 11.2. The zero-order valence-electron chi connectivity index (χ0n) is 11.2. The zero-order chi connectivity index (χ0) is 14.6. The molecule has 0 fully saturated rings. The molecule has 0 radical (unpaired) electrons. The minimum atomic E-state index is -3.53. The Kier molecular flexibility index (Phi) is 5.96. The first kappa shape index (κ1) is 16.6. The third-order valence-corrected chi connectivity index (χ3v) is 4.41. The number of hydrogen-bond donors (Lipinski definition) is 0. The molecule has 1 rings (SSSR count). The third kappa shape index (κ3) is 6.02. The van der Waals surface area contributed by atoms with Crippen molar-refractivity contribution < 1.29 is 13.2 Å². The summed E-state index contributed by atoms with van der Waals surface area (Å²) in [7, 11) is 1.77. The minimum absolute atomic E-state index is 0.102. The van der Waals surface area contributed by atoms with Gasteiger partial charge in [0.2, 0.25) is 9.05 Å². The van der Waals surface area contributed by atoms with E-state index in [0.29, 0.717) is 10.8 Å². The molecule has 0 spiro atoms. The van der Waals surface area contributed by atoms with Gasteiger partial charge in [-0.2, -0.15) is 0 Å². The van der Waals surface area contributed by atoms with Crippen LogP contribution < -0.4 is 4.74 Å². The fourth-order valence-corrected chi connectivity index (χ4v) is 3.26. The van der Waals surface area contributed by atoms with Crippen LogP contribution in [0.1, 0.15) is 19.4 Å². The van der Waals surface area contributed by atoms with Gasteiger partial charge in [-0.05, 0) is 30.5 Å². The van der Waals surface area contributed by atoms with Crippen LogP contribution in [0.3, 0.4) is 0 Å². The average Bonchev–Trinajstić information content (AvgIpc) is 2.26. The molecule has 0 heterocycles. The molecule has 108 valence electrons. The van der Waals surface area contributed by atoms with Crippen molar-refractivity contribution in [3.63, 3.8) is 0 Å². The Morgan fingerprint density at radius 1 is 1.32 bits per heavy atom. The molecule has 0 aliphatic rings. The number of aryl methyl sites for hydroxylation is 1. The molecular weight excluding hydrogens is 307 g/mol. The van der Waals surface area contributed by atoms with Gasteiger partial charge in [0.05, 0.1) is 17.4 Å². The van der Waals surface area contributed by atoms with Gasteiger partial charge in [0, 0.05) is 16.6 Å². The van der Waals surface area contributed by atoms with E-state index >= 15 is 0 Å². The van der Waals surface area contributed by atoms with Gasteiger partial charge in [-0.25, -0.2) is 8.42 Å². The summed E-state index contributed by atoms with van der Waals surface area (Å²) in [6.45, 7) is 6.08. The molecule has 6 heteroatoms. The summed E-state index contributed by atoms with van der Waals surface area (Å²) in [5.41, 5.74) is 1.03. The lowest BCUT2D eigenvalue weighted by molar-refractivity contribution is 0.225. The topological polar surface area (TPSA) is 43.4 Å². The summed E-state index contributed by atoms with van der Waals surface area (Å²) in [5, 5.41) is 0.516. The molecule has 0 aliphatic heterocycles. The Labute approximate surface area is 124 Å². The zero-order valence-corrected chi connectivity index (χ0v) is 13.5. The summed E-state index contributed by atoms with van der Waals surface area (Å²) in [4.78, 5) is 0. The Morgan fingerprint density at radius 3 is 2.47 bits per heavy atom. The maximum atomic E-state index is 11.2. The van der Waals surface area contributed by atoms with Gasteiger partial charge >= 0.3 is 0 Å². The van der Waals surface area contributed by atoms with Crippen LogP contribution in [0.2, 0.25) is 5.02 Å².